The summed E-state index contributed by atoms with van der Waals surface area (Å²) in [5, 5.41) is 0. The molecule has 0 atom stereocenters. The van der Waals surface area contributed by atoms with E-state index in [9.17, 15) is 0 Å². The zero-order chi connectivity index (χ0) is 19.0. The van der Waals surface area contributed by atoms with Gasteiger partial charge in [0.2, 0.25) is 0 Å². The zero-order valence-corrected chi connectivity index (χ0v) is 19.3. The highest BCUT2D eigenvalue weighted by atomic mass is 32.5. The molecule has 0 spiro atoms. The summed E-state index contributed by atoms with van der Waals surface area (Å²) in [6.07, 6.45) is 0. The maximum atomic E-state index is 5.83. The number of hydrogen-bond acceptors (Lipinski definition) is 8. The molecule has 2 aliphatic heterocycles. The van der Waals surface area contributed by atoms with Crippen LogP contribution in [0.1, 0.15) is 41.5 Å². The van der Waals surface area contributed by atoms with Gasteiger partial charge < -0.3 is 27.1 Å². The molecule has 0 aliphatic carbocycles. The Hall–Kier alpha value is 1.06. The number of rotatable bonds is 6. The maximum Gasteiger partial charge on any atom is 0.327 e. The summed E-state index contributed by atoms with van der Waals surface area (Å²) < 4.78 is 34.4. The molecular weight excluding hydrogens is 402 g/mol. The topological polar surface area (TPSA) is 55.4 Å². The summed E-state index contributed by atoms with van der Waals surface area (Å²) in [6.45, 7) is 9.82. The van der Waals surface area contributed by atoms with Gasteiger partial charge in [-0.3, -0.25) is 0 Å². The van der Waals surface area contributed by atoms with E-state index in [0.29, 0.717) is 39.6 Å². The van der Waals surface area contributed by atoms with Crippen LogP contribution in [0.4, 0.5) is 0 Å². The highest BCUT2D eigenvalue weighted by Gasteiger charge is 2.38. The first-order valence-electron chi connectivity index (χ1n) is 8.31. The van der Waals surface area contributed by atoms with Crippen molar-refractivity contribution in [1.29, 1.82) is 0 Å². The van der Waals surface area contributed by atoms with Gasteiger partial charge >= 0.3 is 13.4 Å². The van der Waals surface area contributed by atoms with Crippen molar-refractivity contribution in [3.63, 3.8) is 0 Å². The van der Waals surface area contributed by atoms with E-state index < -0.39 is 13.4 Å². The van der Waals surface area contributed by atoms with E-state index in [1.54, 1.807) is 0 Å². The second kappa shape index (κ2) is 7.82. The molecule has 6 nitrogen and oxygen atoms in total. The quantitative estimate of drug-likeness (QED) is 0.563. The molecule has 0 aromatic heterocycles. The minimum Gasteiger partial charge on any atom is -0.308 e. The SMILES string of the molecule is CC1(C)COP(=S)(OCC(C)(C)COP2(=S)OCC(C)(C)CO2)OC1. The fourth-order valence-electron chi connectivity index (χ4n) is 1.87. The molecule has 0 aromatic carbocycles. The van der Waals surface area contributed by atoms with E-state index >= 15 is 0 Å². The second-order valence-electron chi connectivity index (χ2n) is 9.03. The van der Waals surface area contributed by atoms with Crippen LogP contribution in [0.2, 0.25) is 0 Å². The van der Waals surface area contributed by atoms with E-state index in [0.717, 1.165) is 0 Å². The van der Waals surface area contributed by atoms with Gasteiger partial charge in [-0.25, -0.2) is 0 Å². The van der Waals surface area contributed by atoms with Gasteiger partial charge in [-0.2, -0.15) is 0 Å². The van der Waals surface area contributed by atoms with Crippen molar-refractivity contribution in [2.45, 2.75) is 41.5 Å². The van der Waals surface area contributed by atoms with E-state index in [-0.39, 0.29) is 16.2 Å². The normalized spacial score (nSPS) is 27.8. The lowest BCUT2D eigenvalue weighted by atomic mass is 9.97. The molecule has 148 valence electrons. The highest BCUT2D eigenvalue weighted by molar-refractivity contribution is 8.07. The third-order valence-electron chi connectivity index (χ3n) is 3.68. The Morgan fingerprint density at radius 2 is 1.04 bits per heavy atom. The van der Waals surface area contributed by atoms with Gasteiger partial charge in [-0.15, -0.1) is 0 Å². The third kappa shape index (κ3) is 7.19. The van der Waals surface area contributed by atoms with Crippen LogP contribution in [0.5, 0.6) is 0 Å². The fourth-order valence-corrected chi connectivity index (χ4v) is 6.31. The molecule has 2 heterocycles. The molecule has 10 heteroatoms. The van der Waals surface area contributed by atoms with Crippen LogP contribution in [-0.2, 0) is 50.8 Å². The van der Waals surface area contributed by atoms with Crippen molar-refractivity contribution < 1.29 is 27.1 Å². The molecule has 2 saturated heterocycles. The first kappa shape index (κ1) is 22.4. The molecular formula is C15H30O6P2S2. The molecule has 0 aromatic rings. The van der Waals surface area contributed by atoms with E-state index in [2.05, 4.69) is 27.7 Å². The summed E-state index contributed by atoms with van der Waals surface area (Å²) in [5.74, 6) is 0. The van der Waals surface area contributed by atoms with Crippen molar-refractivity contribution in [3.8, 4) is 0 Å². The minimum absolute atomic E-state index is 0.0348. The molecule has 0 amide bonds. The van der Waals surface area contributed by atoms with Crippen molar-refractivity contribution in [1.82, 2.24) is 0 Å². The van der Waals surface area contributed by atoms with Crippen LogP contribution in [0.25, 0.3) is 0 Å². The van der Waals surface area contributed by atoms with Gasteiger partial charge in [-0.1, -0.05) is 41.5 Å². The van der Waals surface area contributed by atoms with Gasteiger partial charge in [0.05, 0.1) is 39.6 Å². The van der Waals surface area contributed by atoms with Crippen LogP contribution in [0.3, 0.4) is 0 Å². The summed E-state index contributed by atoms with van der Waals surface area (Å²) in [5.41, 5.74) is -0.392. The molecule has 25 heavy (non-hydrogen) atoms. The highest BCUT2D eigenvalue weighted by Crippen LogP contribution is 2.57. The van der Waals surface area contributed by atoms with Gasteiger partial charge in [0.25, 0.3) is 0 Å². The van der Waals surface area contributed by atoms with Crippen LogP contribution < -0.4 is 0 Å². The van der Waals surface area contributed by atoms with Crippen LogP contribution in [-0.4, -0.2) is 39.6 Å². The van der Waals surface area contributed by atoms with Gasteiger partial charge in [0, 0.05) is 16.2 Å². The lowest BCUT2D eigenvalue weighted by Gasteiger charge is -2.38. The van der Waals surface area contributed by atoms with Crippen molar-refractivity contribution in [2.24, 2.45) is 16.2 Å². The predicted octanol–water partition coefficient (Wildman–Crippen LogP) is 4.64. The second-order valence-corrected chi connectivity index (χ2v) is 15.0. The Morgan fingerprint density at radius 3 is 1.32 bits per heavy atom. The predicted molar refractivity (Wildman–Crippen MR) is 106 cm³/mol. The van der Waals surface area contributed by atoms with Crippen LogP contribution in [0, 0.1) is 16.2 Å². The molecule has 0 bridgehead atoms. The van der Waals surface area contributed by atoms with Gasteiger partial charge in [-0.05, 0) is 23.6 Å². The number of hydrogen-bond donors (Lipinski definition) is 0. The first-order valence-corrected chi connectivity index (χ1v) is 13.4. The first-order chi connectivity index (χ1) is 11.2. The molecule has 0 radical (unpaired) electrons. The van der Waals surface area contributed by atoms with Crippen molar-refractivity contribution in [2.75, 3.05) is 39.6 Å². The molecule has 2 aliphatic rings. The summed E-state index contributed by atoms with van der Waals surface area (Å²) in [4.78, 5) is 0. The third-order valence-corrected chi connectivity index (χ3v) is 8.25. The Kier molecular flexibility index (Phi) is 6.99. The van der Waals surface area contributed by atoms with E-state index in [4.69, 9.17) is 50.8 Å². The molecule has 0 N–H and O–H groups in total. The van der Waals surface area contributed by atoms with Gasteiger partial charge in [0.1, 0.15) is 0 Å². The molecule has 0 unspecified atom stereocenters. The lowest BCUT2D eigenvalue weighted by Crippen LogP contribution is -2.32. The minimum atomic E-state index is -2.68. The van der Waals surface area contributed by atoms with Gasteiger partial charge in [0.15, 0.2) is 0 Å². The summed E-state index contributed by atoms with van der Waals surface area (Å²) in [6, 6.07) is 0. The average Bonchev–Trinajstić information content (AvgIpc) is 2.51. The maximum absolute atomic E-state index is 5.83. The lowest BCUT2D eigenvalue weighted by molar-refractivity contribution is -0.00235. The van der Waals surface area contributed by atoms with Crippen molar-refractivity contribution >= 4 is 37.1 Å². The van der Waals surface area contributed by atoms with Crippen molar-refractivity contribution in [3.05, 3.63) is 0 Å². The Balaban J connectivity index is 1.80. The Bertz CT molecular complexity index is 502. The standard InChI is InChI=1S/C15H30O6P2S2/c1-13(2,7-16-22(24)18-9-14(3,4)10-19-22)8-17-23(25)20-11-15(5,6)12-21-23/h7-12H2,1-6H3. The summed E-state index contributed by atoms with van der Waals surface area (Å²) >= 11 is 10.8. The van der Waals surface area contributed by atoms with Crippen LogP contribution >= 0.6 is 13.4 Å². The van der Waals surface area contributed by atoms with Crippen LogP contribution in [0.15, 0.2) is 0 Å². The smallest absolute Gasteiger partial charge is 0.308 e. The fraction of sp³-hybridized carbons (Fsp3) is 1.00. The summed E-state index contributed by atoms with van der Waals surface area (Å²) in [7, 11) is 0. The Labute approximate surface area is 161 Å². The van der Waals surface area contributed by atoms with E-state index in [1.807, 2.05) is 13.8 Å². The average molecular weight is 432 g/mol. The molecule has 2 rings (SSSR count). The molecule has 0 saturated carbocycles. The molecule has 2 fully saturated rings. The monoisotopic (exact) mass is 432 g/mol. The van der Waals surface area contributed by atoms with E-state index in [1.165, 1.54) is 0 Å². The Morgan fingerprint density at radius 1 is 0.760 bits per heavy atom. The zero-order valence-electron chi connectivity index (χ0n) is 15.9. The largest absolute Gasteiger partial charge is 0.327 e.